The maximum atomic E-state index is 12.8. The Morgan fingerprint density at radius 3 is 2.34 bits per heavy atom. The van der Waals surface area contributed by atoms with Crippen molar-refractivity contribution >= 4 is 23.7 Å². The summed E-state index contributed by atoms with van der Waals surface area (Å²) < 4.78 is 5.37. The Morgan fingerprint density at radius 2 is 1.72 bits per heavy atom. The first kappa shape index (κ1) is 21.5. The van der Waals surface area contributed by atoms with Crippen LogP contribution in [0.25, 0.3) is 0 Å². The van der Waals surface area contributed by atoms with Crippen LogP contribution in [-0.4, -0.2) is 58.3 Å². The standard InChI is InChI=1S/C23H24N4O5/c1-14(28)26-12-17-19(25-20(29)18(24)16-10-6-3-7-11-16)22(30)27(17)21(26)23(31)32-13-15-8-4-2-5-9-15/h2-11,17-19,21H,12-13,24H2,1H3,(H,25,29)/t17?,18?,19-,21?/m1/s1. The molecule has 4 rings (SSSR count). The number of ether oxygens (including phenoxy) is 1. The van der Waals surface area contributed by atoms with Crippen LogP contribution in [-0.2, 0) is 30.5 Å². The summed E-state index contributed by atoms with van der Waals surface area (Å²) in [6.07, 6.45) is -1.15. The number of nitrogens with two attached hydrogens (primary N) is 1. The second kappa shape index (κ2) is 8.80. The smallest absolute Gasteiger partial charge is 0.350 e. The minimum atomic E-state index is -1.15. The molecule has 0 spiro atoms. The molecule has 2 aromatic rings. The van der Waals surface area contributed by atoms with Gasteiger partial charge < -0.3 is 25.6 Å². The van der Waals surface area contributed by atoms with E-state index in [1.54, 1.807) is 24.3 Å². The molecule has 9 heteroatoms. The highest BCUT2D eigenvalue weighted by Gasteiger charge is 2.61. The van der Waals surface area contributed by atoms with Gasteiger partial charge in [-0.05, 0) is 11.1 Å². The fourth-order valence-corrected chi connectivity index (χ4v) is 4.07. The number of fused-ring (bicyclic) bond motifs is 1. The first-order valence-corrected chi connectivity index (χ1v) is 10.3. The zero-order chi connectivity index (χ0) is 22.8. The van der Waals surface area contributed by atoms with E-state index < -0.39 is 42.1 Å². The molecule has 4 atom stereocenters. The zero-order valence-electron chi connectivity index (χ0n) is 17.5. The predicted octanol–water partition coefficient (Wildman–Crippen LogP) is 0.314. The van der Waals surface area contributed by atoms with Gasteiger partial charge in [-0.3, -0.25) is 14.4 Å². The molecule has 0 radical (unpaired) electrons. The lowest BCUT2D eigenvalue weighted by Crippen LogP contribution is -2.72. The molecule has 32 heavy (non-hydrogen) atoms. The van der Waals surface area contributed by atoms with Crippen LogP contribution in [0.2, 0.25) is 0 Å². The number of nitrogens with one attached hydrogen (secondary N) is 1. The molecule has 3 amide bonds. The topological polar surface area (TPSA) is 122 Å². The lowest BCUT2D eigenvalue weighted by Gasteiger charge is -2.43. The van der Waals surface area contributed by atoms with Crippen molar-refractivity contribution in [3.63, 3.8) is 0 Å². The number of rotatable bonds is 6. The zero-order valence-corrected chi connectivity index (χ0v) is 17.5. The maximum Gasteiger partial charge on any atom is 0.350 e. The van der Waals surface area contributed by atoms with Crippen molar-refractivity contribution in [3.05, 3.63) is 71.8 Å². The third-order valence-electron chi connectivity index (χ3n) is 5.78. The molecular weight excluding hydrogens is 412 g/mol. The highest BCUT2D eigenvalue weighted by atomic mass is 16.5. The van der Waals surface area contributed by atoms with Crippen molar-refractivity contribution in [1.29, 1.82) is 0 Å². The van der Waals surface area contributed by atoms with Crippen LogP contribution in [0.1, 0.15) is 24.1 Å². The fraction of sp³-hybridized carbons (Fsp3) is 0.304. The van der Waals surface area contributed by atoms with Gasteiger partial charge in [0, 0.05) is 13.5 Å². The molecule has 2 fully saturated rings. The monoisotopic (exact) mass is 436 g/mol. The molecular formula is C23H24N4O5. The van der Waals surface area contributed by atoms with E-state index in [2.05, 4.69) is 5.32 Å². The number of carbonyl (C=O) groups is 4. The second-order valence-corrected chi connectivity index (χ2v) is 7.83. The van der Waals surface area contributed by atoms with Gasteiger partial charge in [0.05, 0.1) is 6.04 Å². The molecule has 3 unspecified atom stereocenters. The predicted molar refractivity (Wildman–Crippen MR) is 113 cm³/mol. The molecule has 2 saturated heterocycles. The van der Waals surface area contributed by atoms with E-state index in [9.17, 15) is 19.2 Å². The third-order valence-corrected chi connectivity index (χ3v) is 5.78. The molecule has 0 bridgehead atoms. The van der Waals surface area contributed by atoms with Crippen LogP contribution >= 0.6 is 0 Å². The van der Waals surface area contributed by atoms with Crippen molar-refractivity contribution in [2.45, 2.75) is 37.8 Å². The third kappa shape index (κ3) is 3.94. The molecule has 2 aliphatic heterocycles. The summed E-state index contributed by atoms with van der Waals surface area (Å²) in [4.78, 5) is 52.9. The van der Waals surface area contributed by atoms with Gasteiger partial charge in [-0.25, -0.2) is 4.79 Å². The van der Waals surface area contributed by atoms with Crippen molar-refractivity contribution in [2.24, 2.45) is 5.73 Å². The highest BCUT2D eigenvalue weighted by Crippen LogP contribution is 2.33. The molecule has 0 saturated carbocycles. The Labute approximate surface area is 185 Å². The largest absolute Gasteiger partial charge is 0.458 e. The van der Waals surface area contributed by atoms with Crippen LogP contribution in [0.15, 0.2) is 60.7 Å². The Kier molecular flexibility index (Phi) is 5.91. The number of carbonyl (C=O) groups excluding carboxylic acids is 4. The quantitative estimate of drug-likeness (QED) is 0.497. The summed E-state index contributed by atoms with van der Waals surface area (Å²) in [5.74, 6) is -2.00. The number of hydrogen-bond acceptors (Lipinski definition) is 6. The Hall–Kier alpha value is -3.72. The number of esters is 1. The summed E-state index contributed by atoms with van der Waals surface area (Å²) in [7, 11) is 0. The van der Waals surface area contributed by atoms with Gasteiger partial charge in [0.2, 0.25) is 23.9 Å². The summed E-state index contributed by atoms with van der Waals surface area (Å²) in [5.41, 5.74) is 7.43. The van der Waals surface area contributed by atoms with Gasteiger partial charge in [-0.15, -0.1) is 0 Å². The lowest BCUT2D eigenvalue weighted by molar-refractivity contribution is -0.170. The first-order chi connectivity index (χ1) is 15.4. The van der Waals surface area contributed by atoms with Gasteiger partial charge in [-0.1, -0.05) is 60.7 Å². The van der Waals surface area contributed by atoms with Crippen molar-refractivity contribution in [2.75, 3.05) is 6.54 Å². The normalized spacial score (nSPS) is 22.6. The average Bonchev–Trinajstić information content (AvgIpc) is 3.18. The average molecular weight is 436 g/mol. The van der Waals surface area contributed by atoms with Crippen LogP contribution in [0.3, 0.4) is 0 Å². The van der Waals surface area contributed by atoms with Gasteiger partial charge in [0.1, 0.15) is 18.7 Å². The van der Waals surface area contributed by atoms with E-state index in [1.165, 1.54) is 16.7 Å². The number of benzene rings is 2. The summed E-state index contributed by atoms with van der Waals surface area (Å²) in [6.45, 7) is 1.48. The van der Waals surface area contributed by atoms with E-state index in [-0.39, 0.29) is 19.1 Å². The molecule has 3 N–H and O–H groups in total. The van der Waals surface area contributed by atoms with E-state index in [0.29, 0.717) is 5.56 Å². The minimum absolute atomic E-state index is 0.0285. The van der Waals surface area contributed by atoms with E-state index in [0.717, 1.165) is 5.56 Å². The van der Waals surface area contributed by atoms with Crippen LogP contribution in [0, 0.1) is 0 Å². The van der Waals surface area contributed by atoms with E-state index >= 15 is 0 Å². The van der Waals surface area contributed by atoms with Crippen LogP contribution in [0.5, 0.6) is 0 Å². The van der Waals surface area contributed by atoms with Gasteiger partial charge in [0.25, 0.3) is 0 Å². The van der Waals surface area contributed by atoms with Crippen molar-refractivity contribution in [1.82, 2.24) is 15.1 Å². The molecule has 9 nitrogen and oxygen atoms in total. The highest BCUT2D eigenvalue weighted by molar-refractivity contribution is 5.99. The number of amides is 3. The van der Waals surface area contributed by atoms with Gasteiger partial charge >= 0.3 is 5.97 Å². The number of hydrogen-bond donors (Lipinski definition) is 2. The second-order valence-electron chi connectivity index (χ2n) is 7.83. The Morgan fingerprint density at radius 1 is 1.09 bits per heavy atom. The maximum absolute atomic E-state index is 12.8. The fourth-order valence-electron chi connectivity index (χ4n) is 4.07. The summed E-state index contributed by atoms with van der Waals surface area (Å²) in [6, 6.07) is 15.6. The lowest BCUT2D eigenvalue weighted by atomic mass is 9.95. The minimum Gasteiger partial charge on any atom is -0.458 e. The molecule has 0 aliphatic carbocycles. The van der Waals surface area contributed by atoms with Crippen LogP contribution in [0.4, 0.5) is 0 Å². The summed E-state index contributed by atoms with van der Waals surface area (Å²) in [5, 5.41) is 2.67. The first-order valence-electron chi connectivity index (χ1n) is 10.3. The molecule has 166 valence electrons. The van der Waals surface area contributed by atoms with E-state index in [4.69, 9.17) is 10.5 Å². The molecule has 0 aromatic heterocycles. The molecule has 2 aromatic carbocycles. The molecule has 2 aliphatic rings. The summed E-state index contributed by atoms with van der Waals surface area (Å²) >= 11 is 0. The number of β-lactam (4-membered cyclic amide) rings is 1. The Balaban J connectivity index is 1.43. The van der Waals surface area contributed by atoms with Gasteiger partial charge in [0.15, 0.2) is 0 Å². The number of nitrogens with zero attached hydrogens (tertiary/aromatic N) is 2. The van der Waals surface area contributed by atoms with Gasteiger partial charge in [-0.2, -0.15) is 0 Å². The Bertz CT molecular complexity index is 1030. The SMILES string of the molecule is CC(=O)N1CC2[C@@H](NC(=O)C(N)c3ccccc3)C(=O)N2C1C(=O)OCc1ccccc1. The van der Waals surface area contributed by atoms with Crippen molar-refractivity contribution in [3.8, 4) is 0 Å². The van der Waals surface area contributed by atoms with Crippen LogP contribution < -0.4 is 11.1 Å². The molecule has 2 heterocycles. The van der Waals surface area contributed by atoms with E-state index in [1.807, 2.05) is 36.4 Å². The van der Waals surface area contributed by atoms with Crippen molar-refractivity contribution < 1.29 is 23.9 Å².